The van der Waals surface area contributed by atoms with E-state index in [0.717, 1.165) is 0 Å². The zero-order chi connectivity index (χ0) is 15.6. The molecule has 2 rings (SSSR count). The van der Waals surface area contributed by atoms with Crippen molar-refractivity contribution in [1.82, 2.24) is 4.31 Å². The summed E-state index contributed by atoms with van der Waals surface area (Å²) in [6, 6.07) is 2.92. The molecule has 1 aliphatic heterocycles. The maximum atomic E-state index is 12.8. The largest absolute Gasteiger partial charge is 0.495 e. The lowest BCUT2D eigenvalue weighted by Crippen LogP contribution is -2.40. The second kappa shape index (κ2) is 6.51. The van der Waals surface area contributed by atoms with Gasteiger partial charge in [-0.15, -0.1) is 0 Å². The summed E-state index contributed by atoms with van der Waals surface area (Å²) in [6.45, 7) is 1.15. The molecule has 0 spiro atoms. The number of benzene rings is 1. The molecule has 0 bridgehead atoms. The van der Waals surface area contributed by atoms with Gasteiger partial charge in [0, 0.05) is 36.5 Å². The minimum absolute atomic E-state index is 0.0710. The summed E-state index contributed by atoms with van der Waals surface area (Å²) in [7, 11) is -0.646. The molecule has 8 heteroatoms. The molecule has 2 N–H and O–H groups in total. The quantitative estimate of drug-likeness (QED) is 0.808. The van der Waals surface area contributed by atoms with Gasteiger partial charge in [0.1, 0.15) is 10.6 Å². The summed E-state index contributed by atoms with van der Waals surface area (Å²) in [5, 5.41) is 0. The van der Waals surface area contributed by atoms with Gasteiger partial charge in [0.15, 0.2) is 0 Å². The van der Waals surface area contributed by atoms with E-state index in [1.165, 1.54) is 17.5 Å². The van der Waals surface area contributed by atoms with Gasteiger partial charge in [-0.2, -0.15) is 4.31 Å². The molecular weight excluding hydrogens is 360 g/mol. The first-order chi connectivity index (χ1) is 9.87. The standard InChI is InChI=1S/C13H19BrN2O4S/c1-16(9-3-5-20-6-4-9)21(17,18)13-8-11(15)10(14)7-12(13)19-2/h7-9H,3-6,15H2,1-2H3. The Morgan fingerprint density at radius 3 is 2.57 bits per heavy atom. The Morgan fingerprint density at radius 1 is 1.38 bits per heavy atom. The Kier molecular flexibility index (Phi) is 5.13. The van der Waals surface area contributed by atoms with Crippen molar-refractivity contribution in [2.75, 3.05) is 33.1 Å². The molecule has 0 aliphatic carbocycles. The predicted molar refractivity (Wildman–Crippen MR) is 83.9 cm³/mol. The number of hydrogen-bond acceptors (Lipinski definition) is 5. The van der Waals surface area contributed by atoms with Crippen LogP contribution in [0.25, 0.3) is 0 Å². The Morgan fingerprint density at radius 2 is 2.00 bits per heavy atom. The zero-order valence-electron chi connectivity index (χ0n) is 12.0. The van der Waals surface area contributed by atoms with Gasteiger partial charge in [-0.05, 0) is 40.9 Å². The molecule has 1 aromatic rings. The van der Waals surface area contributed by atoms with E-state index in [0.29, 0.717) is 36.2 Å². The molecule has 0 saturated carbocycles. The molecular formula is C13H19BrN2O4S. The molecule has 0 atom stereocenters. The predicted octanol–water partition coefficient (Wildman–Crippen LogP) is 1.84. The van der Waals surface area contributed by atoms with Crippen LogP contribution in [0.15, 0.2) is 21.5 Å². The maximum Gasteiger partial charge on any atom is 0.246 e. The Balaban J connectivity index is 2.40. The van der Waals surface area contributed by atoms with Crippen LogP contribution in [-0.4, -0.2) is 46.1 Å². The van der Waals surface area contributed by atoms with E-state index in [2.05, 4.69) is 15.9 Å². The number of hydrogen-bond donors (Lipinski definition) is 1. The molecule has 0 amide bonds. The third-order valence-electron chi connectivity index (χ3n) is 3.65. The summed E-state index contributed by atoms with van der Waals surface area (Å²) in [5.41, 5.74) is 6.17. The first kappa shape index (κ1) is 16.5. The minimum Gasteiger partial charge on any atom is -0.495 e. The molecule has 0 radical (unpaired) electrons. The molecule has 1 heterocycles. The number of methoxy groups -OCH3 is 1. The number of nitrogen functional groups attached to an aromatic ring is 1. The van der Waals surface area contributed by atoms with E-state index in [1.807, 2.05) is 0 Å². The van der Waals surface area contributed by atoms with Gasteiger partial charge in [-0.3, -0.25) is 0 Å². The molecule has 1 aliphatic rings. The Labute approximate surface area is 133 Å². The van der Waals surface area contributed by atoms with Crippen LogP contribution >= 0.6 is 15.9 Å². The molecule has 1 saturated heterocycles. The SMILES string of the molecule is COc1cc(Br)c(N)cc1S(=O)(=O)N(C)C1CCOCC1. The molecule has 21 heavy (non-hydrogen) atoms. The van der Waals surface area contributed by atoms with Crippen molar-refractivity contribution in [3.05, 3.63) is 16.6 Å². The number of nitrogens with two attached hydrogens (primary N) is 1. The highest BCUT2D eigenvalue weighted by molar-refractivity contribution is 9.10. The van der Waals surface area contributed by atoms with Crippen LogP contribution in [-0.2, 0) is 14.8 Å². The van der Waals surface area contributed by atoms with E-state index < -0.39 is 10.0 Å². The second-order valence-electron chi connectivity index (χ2n) is 4.89. The second-order valence-corrected chi connectivity index (χ2v) is 7.71. The van der Waals surface area contributed by atoms with Gasteiger partial charge in [-0.1, -0.05) is 0 Å². The smallest absolute Gasteiger partial charge is 0.246 e. The maximum absolute atomic E-state index is 12.8. The van der Waals surface area contributed by atoms with Crippen LogP contribution in [0.3, 0.4) is 0 Å². The highest BCUT2D eigenvalue weighted by Gasteiger charge is 2.32. The third kappa shape index (κ3) is 3.33. The van der Waals surface area contributed by atoms with Crippen LogP contribution in [0, 0.1) is 0 Å². The number of ether oxygens (including phenoxy) is 2. The van der Waals surface area contributed by atoms with Crippen LogP contribution in [0.5, 0.6) is 5.75 Å². The summed E-state index contributed by atoms with van der Waals surface area (Å²) in [4.78, 5) is 0.0830. The number of sulfonamides is 1. The summed E-state index contributed by atoms with van der Waals surface area (Å²) < 4.78 is 38.1. The number of nitrogens with zero attached hydrogens (tertiary/aromatic N) is 1. The van der Waals surface area contributed by atoms with Gasteiger partial charge in [0.2, 0.25) is 10.0 Å². The van der Waals surface area contributed by atoms with Gasteiger partial charge >= 0.3 is 0 Å². The van der Waals surface area contributed by atoms with Gasteiger partial charge in [0.05, 0.1) is 7.11 Å². The van der Waals surface area contributed by atoms with Crippen molar-refractivity contribution in [2.24, 2.45) is 0 Å². The molecule has 0 unspecified atom stereocenters. The fourth-order valence-corrected chi connectivity index (χ4v) is 4.22. The van der Waals surface area contributed by atoms with Gasteiger partial charge in [0.25, 0.3) is 0 Å². The Bertz CT molecular complexity index is 615. The van der Waals surface area contributed by atoms with Crippen molar-refractivity contribution in [1.29, 1.82) is 0 Å². The van der Waals surface area contributed by atoms with E-state index in [-0.39, 0.29) is 16.7 Å². The summed E-state index contributed by atoms with van der Waals surface area (Å²) in [5.74, 6) is 0.273. The van der Waals surface area contributed by atoms with Crippen molar-refractivity contribution < 1.29 is 17.9 Å². The average Bonchev–Trinajstić information content (AvgIpc) is 2.49. The van der Waals surface area contributed by atoms with E-state index >= 15 is 0 Å². The van der Waals surface area contributed by atoms with Crippen molar-refractivity contribution >= 4 is 31.6 Å². The van der Waals surface area contributed by atoms with E-state index in [1.54, 1.807) is 13.1 Å². The van der Waals surface area contributed by atoms with Gasteiger partial charge in [-0.25, -0.2) is 8.42 Å². The van der Waals surface area contributed by atoms with E-state index in [9.17, 15) is 8.42 Å². The summed E-state index contributed by atoms with van der Waals surface area (Å²) in [6.07, 6.45) is 1.37. The molecule has 6 nitrogen and oxygen atoms in total. The van der Waals surface area contributed by atoms with Crippen molar-refractivity contribution in [3.63, 3.8) is 0 Å². The first-order valence-electron chi connectivity index (χ1n) is 6.56. The van der Waals surface area contributed by atoms with Crippen LogP contribution in [0.4, 0.5) is 5.69 Å². The van der Waals surface area contributed by atoms with Crippen LogP contribution < -0.4 is 10.5 Å². The molecule has 118 valence electrons. The molecule has 1 fully saturated rings. The minimum atomic E-state index is -3.67. The number of anilines is 1. The van der Waals surface area contributed by atoms with Crippen molar-refractivity contribution in [3.8, 4) is 5.75 Å². The van der Waals surface area contributed by atoms with Gasteiger partial charge < -0.3 is 15.2 Å². The molecule has 0 aromatic heterocycles. The molecule has 1 aromatic carbocycles. The lowest BCUT2D eigenvalue weighted by atomic mass is 10.1. The Hall–Kier alpha value is -0.830. The fourth-order valence-electron chi connectivity index (χ4n) is 2.31. The zero-order valence-corrected chi connectivity index (χ0v) is 14.4. The first-order valence-corrected chi connectivity index (χ1v) is 8.80. The lowest BCUT2D eigenvalue weighted by molar-refractivity contribution is 0.0632. The van der Waals surface area contributed by atoms with E-state index in [4.69, 9.17) is 15.2 Å². The average molecular weight is 379 g/mol. The number of rotatable bonds is 4. The number of halogens is 1. The van der Waals surface area contributed by atoms with Crippen molar-refractivity contribution in [2.45, 2.75) is 23.8 Å². The third-order valence-corrected chi connectivity index (χ3v) is 6.26. The van der Waals surface area contributed by atoms with Crippen LogP contribution in [0.1, 0.15) is 12.8 Å². The fraction of sp³-hybridized carbons (Fsp3) is 0.538. The topological polar surface area (TPSA) is 81.9 Å². The van der Waals surface area contributed by atoms with Crippen LogP contribution in [0.2, 0.25) is 0 Å². The lowest BCUT2D eigenvalue weighted by Gasteiger charge is -2.30. The normalized spacial score (nSPS) is 17.1. The monoisotopic (exact) mass is 378 g/mol. The highest BCUT2D eigenvalue weighted by Crippen LogP contribution is 2.34. The summed E-state index contributed by atoms with van der Waals surface area (Å²) >= 11 is 3.27. The highest BCUT2D eigenvalue weighted by atomic mass is 79.9.